The molecule has 0 spiro atoms. The third kappa shape index (κ3) is 3.82. The normalized spacial score (nSPS) is 11.6. The van der Waals surface area contributed by atoms with Crippen LogP contribution in [0.5, 0.6) is 0 Å². The van der Waals surface area contributed by atoms with Crippen molar-refractivity contribution >= 4 is 22.6 Å². The Kier molecular flexibility index (Phi) is 4.54. The number of anilines is 1. The number of alkyl halides is 2. The molecule has 4 rings (SSSR count). The monoisotopic (exact) mass is 393 g/mol. The molecule has 146 valence electrons. The highest BCUT2D eigenvalue weighted by Crippen LogP contribution is 2.29. The van der Waals surface area contributed by atoms with E-state index < -0.39 is 11.7 Å². The predicted molar refractivity (Wildman–Crippen MR) is 106 cm³/mol. The van der Waals surface area contributed by atoms with Crippen LogP contribution >= 0.6 is 0 Å². The zero-order valence-electron chi connectivity index (χ0n) is 15.7. The smallest absolute Gasteiger partial charge is 0.303 e. The van der Waals surface area contributed by atoms with Crippen LogP contribution < -0.4 is 5.32 Å². The van der Waals surface area contributed by atoms with Gasteiger partial charge in [0.25, 0.3) is 0 Å². The molecule has 1 aromatic carbocycles. The van der Waals surface area contributed by atoms with E-state index in [0.29, 0.717) is 28.4 Å². The number of halogens is 2. The number of hydrogen-bond donors (Lipinski definition) is 1. The average molecular weight is 393 g/mol. The SMILES string of the molecule is CC(=O)Nc1cc2c(ccn2-c2cc(-c3ccccc3)nc(C(C)(F)F)n2)cn1. The van der Waals surface area contributed by atoms with Crippen LogP contribution in [0, 0.1) is 0 Å². The summed E-state index contributed by atoms with van der Waals surface area (Å²) in [6, 6.07) is 14.2. The Morgan fingerprint density at radius 1 is 1.10 bits per heavy atom. The lowest BCUT2D eigenvalue weighted by Crippen LogP contribution is -2.15. The fourth-order valence-electron chi connectivity index (χ4n) is 2.99. The number of pyridine rings is 1. The fourth-order valence-corrected chi connectivity index (χ4v) is 2.99. The summed E-state index contributed by atoms with van der Waals surface area (Å²) in [4.78, 5) is 23.7. The Morgan fingerprint density at radius 2 is 1.86 bits per heavy atom. The van der Waals surface area contributed by atoms with Crippen LogP contribution in [-0.4, -0.2) is 25.4 Å². The minimum absolute atomic E-state index is 0.253. The number of rotatable bonds is 4. The Bertz CT molecular complexity index is 1200. The van der Waals surface area contributed by atoms with Crippen molar-refractivity contribution in [1.29, 1.82) is 0 Å². The first-order valence-electron chi connectivity index (χ1n) is 8.89. The van der Waals surface area contributed by atoms with Gasteiger partial charge in [-0.15, -0.1) is 0 Å². The molecule has 0 saturated heterocycles. The van der Waals surface area contributed by atoms with E-state index in [0.717, 1.165) is 12.3 Å². The Labute approximate surface area is 165 Å². The van der Waals surface area contributed by atoms with E-state index in [1.807, 2.05) is 18.2 Å². The molecule has 1 N–H and O–H groups in total. The molecule has 0 fully saturated rings. The molecule has 8 heteroatoms. The van der Waals surface area contributed by atoms with Crippen LogP contribution in [0.3, 0.4) is 0 Å². The first-order chi connectivity index (χ1) is 13.8. The summed E-state index contributed by atoms with van der Waals surface area (Å²) in [6.07, 6.45) is 3.32. The van der Waals surface area contributed by atoms with E-state index in [9.17, 15) is 13.6 Å². The number of amides is 1. The summed E-state index contributed by atoms with van der Waals surface area (Å²) in [5.74, 6) is -3.36. The number of carbonyl (C=O) groups is 1. The molecule has 3 heterocycles. The molecule has 0 unspecified atom stereocenters. The van der Waals surface area contributed by atoms with Gasteiger partial charge in [0.2, 0.25) is 11.7 Å². The number of benzene rings is 1. The van der Waals surface area contributed by atoms with Gasteiger partial charge < -0.3 is 9.88 Å². The lowest BCUT2D eigenvalue weighted by atomic mass is 10.1. The van der Waals surface area contributed by atoms with Crippen LogP contribution in [0.4, 0.5) is 14.6 Å². The Morgan fingerprint density at radius 3 is 2.55 bits per heavy atom. The lowest BCUT2D eigenvalue weighted by molar-refractivity contribution is -0.114. The summed E-state index contributed by atoms with van der Waals surface area (Å²) in [5, 5.41) is 3.40. The van der Waals surface area contributed by atoms with E-state index in [-0.39, 0.29) is 5.91 Å². The molecule has 29 heavy (non-hydrogen) atoms. The average Bonchev–Trinajstić information content (AvgIpc) is 3.10. The molecule has 0 aliphatic heterocycles. The maximum Gasteiger partial charge on any atom is 0.303 e. The van der Waals surface area contributed by atoms with Gasteiger partial charge in [0.05, 0.1) is 11.2 Å². The quantitative estimate of drug-likeness (QED) is 0.552. The summed E-state index contributed by atoms with van der Waals surface area (Å²) in [7, 11) is 0. The minimum atomic E-state index is -3.20. The number of carbonyl (C=O) groups excluding carboxylic acids is 1. The van der Waals surface area contributed by atoms with Gasteiger partial charge in [-0.05, 0) is 6.07 Å². The molecule has 0 atom stereocenters. The predicted octanol–water partition coefficient (Wildman–Crippen LogP) is 4.55. The van der Waals surface area contributed by atoms with Crippen LogP contribution in [0.25, 0.3) is 28.0 Å². The number of nitrogens with zero attached hydrogens (tertiary/aromatic N) is 4. The van der Waals surface area contributed by atoms with Gasteiger partial charge in [-0.25, -0.2) is 15.0 Å². The summed E-state index contributed by atoms with van der Waals surface area (Å²) >= 11 is 0. The Hall–Kier alpha value is -3.68. The van der Waals surface area contributed by atoms with Gasteiger partial charge in [0.1, 0.15) is 11.6 Å². The number of fused-ring (bicyclic) bond motifs is 1. The molecule has 3 aromatic heterocycles. The molecule has 0 radical (unpaired) electrons. The first-order valence-corrected chi connectivity index (χ1v) is 8.89. The molecule has 0 aliphatic carbocycles. The maximum absolute atomic E-state index is 14.1. The molecule has 1 amide bonds. The van der Waals surface area contributed by atoms with E-state index in [1.54, 1.807) is 47.3 Å². The lowest BCUT2D eigenvalue weighted by Gasteiger charge is -2.14. The minimum Gasteiger partial charge on any atom is -0.311 e. The number of nitrogens with one attached hydrogen (secondary N) is 1. The number of hydrogen-bond acceptors (Lipinski definition) is 4. The van der Waals surface area contributed by atoms with Crippen LogP contribution in [0.2, 0.25) is 0 Å². The molecular formula is C21H17F2N5O. The van der Waals surface area contributed by atoms with E-state index in [2.05, 4.69) is 20.3 Å². The highest BCUT2D eigenvalue weighted by Gasteiger charge is 2.29. The maximum atomic E-state index is 14.1. The second-order valence-electron chi connectivity index (χ2n) is 6.68. The molecule has 4 aromatic rings. The van der Waals surface area contributed by atoms with Crippen molar-refractivity contribution in [2.24, 2.45) is 0 Å². The van der Waals surface area contributed by atoms with Gasteiger partial charge in [0.15, 0.2) is 0 Å². The van der Waals surface area contributed by atoms with Crippen LogP contribution in [-0.2, 0) is 10.7 Å². The van der Waals surface area contributed by atoms with Crippen molar-refractivity contribution in [2.75, 3.05) is 5.32 Å². The van der Waals surface area contributed by atoms with Gasteiger partial charge in [0, 0.05) is 49.3 Å². The van der Waals surface area contributed by atoms with E-state index >= 15 is 0 Å². The standard InChI is InChI=1S/C21H17F2N5O/c1-13(29)25-18-11-17-15(12-24-18)8-9-28(17)19-10-16(14-6-4-3-5-7-14)26-20(27-19)21(2,22)23/h3-12H,1-2H3,(H,24,25,29). The van der Waals surface area contributed by atoms with Gasteiger partial charge in [-0.2, -0.15) is 8.78 Å². The number of aromatic nitrogens is 4. The van der Waals surface area contributed by atoms with E-state index in [4.69, 9.17) is 0 Å². The van der Waals surface area contributed by atoms with Gasteiger partial charge >= 0.3 is 5.92 Å². The van der Waals surface area contributed by atoms with Crippen molar-refractivity contribution in [3.63, 3.8) is 0 Å². The topological polar surface area (TPSA) is 72.7 Å². The van der Waals surface area contributed by atoms with Crippen molar-refractivity contribution in [3.05, 3.63) is 66.7 Å². The summed E-state index contributed by atoms with van der Waals surface area (Å²) < 4.78 is 29.9. The van der Waals surface area contributed by atoms with Crippen molar-refractivity contribution in [1.82, 2.24) is 19.5 Å². The second-order valence-corrected chi connectivity index (χ2v) is 6.68. The largest absolute Gasteiger partial charge is 0.311 e. The zero-order valence-corrected chi connectivity index (χ0v) is 15.7. The summed E-state index contributed by atoms with van der Waals surface area (Å²) in [6.45, 7) is 2.16. The zero-order chi connectivity index (χ0) is 20.6. The van der Waals surface area contributed by atoms with Crippen molar-refractivity contribution < 1.29 is 13.6 Å². The highest BCUT2D eigenvalue weighted by molar-refractivity contribution is 5.91. The third-order valence-electron chi connectivity index (χ3n) is 4.30. The van der Waals surface area contributed by atoms with Gasteiger partial charge in [-0.1, -0.05) is 30.3 Å². The third-order valence-corrected chi connectivity index (χ3v) is 4.30. The van der Waals surface area contributed by atoms with Crippen LogP contribution in [0.1, 0.15) is 19.7 Å². The first kappa shape index (κ1) is 18.7. The molecule has 0 saturated carbocycles. The molecule has 6 nitrogen and oxygen atoms in total. The van der Waals surface area contributed by atoms with Crippen molar-refractivity contribution in [3.8, 4) is 17.1 Å². The van der Waals surface area contributed by atoms with Crippen molar-refractivity contribution in [2.45, 2.75) is 19.8 Å². The molecular weight excluding hydrogens is 376 g/mol. The van der Waals surface area contributed by atoms with Crippen LogP contribution in [0.15, 0.2) is 60.9 Å². The fraction of sp³-hybridized carbons (Fsp3) is 0.143. The van der Waals surface area contributed by atoms with E-state index in [1.165, 1.54) is 6.92 Å². The Balaban J connectivity index is 1.91. The van der Waals surface area contributed by atoms with Gasteiger partial charge in [-0.3, -0.25) is 4.79 Å². The molecule has 0 aliphatic rings. The second kappa shape index (κ2) is 7.05. The highest BCUT2D eigenvalue weighted by atomic mass is 19.3. The molecule has 0 bridgehead atoms. The summed E-state index contributed by atoms with van der Waals surface area (Å²) in [5.41, 5.74) is 1.77.